The number of hydrazine groups is 1. The van der Waals surface area contributed by atoms with Gasteiger partial charge in [0.25, 0.3) is 0 Å². The van der Waals surface area contributed by atoms with Gasteiger partial charge in [-0.1, -0.05) is 19.8 Å². The van der Waals surface area contributed by atoms with Crippen LogP contribution in [0, 0.1) is 23.0 Å². The van der Waals surface area contributed by atoms with Crippen LogP contribution in [0.15, 0.2) is 0 Å². The largest absolute Gasteiger partial charge is 0.361 e. The Labute approximate surface area is 123 Å². The number of nitrogen functional groups attached to an aromatic ring is 1. The van der Waals surface area contributed by atoms with E-state index < -0.39 is 4.92 Å². The van der Waals surface area contributed by atoms with Crippen LogP contribution in [0.2, 0.25) is 0 Å². The van der Waals surface area contributed by atoms with Crippen molar-refractivity contribution in [1.82, 2.24) is 9.97 Å². The van der Waals surface area contributed by atoms with Gasteiger partial charge in [0.05, 0.1) is 4.92 Å². The SMILES string of the molecule is Cc1nc(NN)nc(NC2CCCC(C)CC2)c1[N+](=O)[O-]. The second kappa shape index (κ2) is 6.66. The van der Waals surface area contributed by atoms with Crippen molar-refractivity contribution in [2.45, 2.75) is 52.0 Å². The monoisotopic (exact) mass is 294 g/mol. The van der Waals surface area contributed by atoms with Gasteiger partial charge in [-0.15, -0.1) is 0 Å². The Morgan fingerprint density at radius 3 is 2.71 bits per heavy atom. The van der Waals surface area contributed by atoms with Gasteiger partial charge >= 0.3 is 5.69 Å². The minimum Gasteiger partial charge on any atom is -0.361 e. The lowest BCUT2D eigenvalue weighted by molar-refractivity contribution is -0.385. The van der Waals surface area contributed by atoms with Crippen LogP contribution in [0.5, 0.6) is 0 Å². The molecule has 2 atom stereocenters. The van der Waals surface area contributed by atoms with Crippen molar-refractivity contribution in [1.29, 1.82) is 0 Å². The molecule has 0 amide bonds. The predicted octanol–water partition coefficient (Wildman–Crippen LogP) is 2.36. The molecule has 1 heterocycles. The first kappa shape index (κ1) is 15.4. The van der Waals surface area contributed by atoms with Crippen LogP contribution >= 0.6 is 0 Å². The molecule has 0 aliphatic heterocycles. The fourth-order valence-electron chi connectivity index (χ4n) is 2.78. The third-order valence-corrected chi connectivity index (χ3v) is 3.97. The van der Waals surface area contributed by atoms with E-state index in [2.05, 4.69) is 27.6 Å². The summed E-state index contributed by atoms with van der Waals surface area (Å²) >= 11 is 0. The molecule has 1 aliphatic carbocycles. The molecule has 2 rings (SSSR count). The Bertz CT molecular complexity index is 522. The van der Waals surface area contributed by atoms with E-state index >= 15 is 0 Å². The van der Waals surface area contributed by atoms with Gasteiger partial charge in [0.2, 0.25) is 11.8 Å². The molecule has 1 aliphatic rings. The van der Waals surface area contributed by atoms with Gasteiger partial charge in [-0.3, -0.25) is 15.5 Å². The summed E-state index contributed by atoms with van der Waals surface area (Å²) in [6.07, 6.45) is 5.44. The molecule has 0 radical (unpaired) electrons. The van der Waals surface area contributed by atoms with E-state index in [9.17, 15) is 10.1 Å². The minimum atomic E-state index is -0.447. The van der Waals surface area contributed by atoms with Crippen LogP contribution in [0.4, 0.5) is 17.5 Å². The second-order valence-electron chi connectivity index (χ2n) is 5.69. The molecule has 0 saturated heterocycles. The second-order valence-corrected chi connectivity index (χ2v) is 5.69. The molecular weight excluding hydrogens is 272 g/mol. The standard InChI is InChI=1S/C13H22N6O2/c1-8-4-3-5-10(7-6-8)16-12-11(19(20)21)9(2)15-13(17-12)18-14/h8,10H,3-7,14H2,1-2H3,(H2,15,16,17,18). The number of anilines is 2. The van der Waals surface area contributed by atoms with Gasteiger partial charge in [0, 0.05) is 6.04 Å². The molecule has 21 heavy (non-hydrogen) atoms. The van der Waals surface area contributed by atoms with Crippen LogP contribution < -0.4 is 16.6 Å². The van der Waals surface area contributed by atoms with Crippen LogP contribution in [-0.4, -0.2) is 20.9 Å². The molecule has 0 spiro atoms. The maximum atomic E-state index is 11.2. The molecule has 1 aromatic rings. The fraction of sp³-hybridized carbons (Fsp3) is 0.692. The first-order chi connectivity index (χ1) is 10.0. The molecule has 8 heteroatoms. The summed E-state index contributed by atoms with van der Waals surface area (Å²) in [5, 5.41) is 14.5. The Morgan fingerprint density at radius 1 is 1.29 bits per heavy atom. The van der Waals surface area contributed by atoms with Crippen molar-refractivity contribution < 1.29 is 4.92 Å². The van der Waals surface area contributed by atoms with Gasteiger partial charge in [-0.05, 0) is 32.1 Å². The van der Waals surface area contributed by atoms with Gasteiger partial charge in [-0.25, -0.2) is 10.8 Å². The number of rotatable bonds is 4. The van der Waals surface area contributed by atoms with Gasteiger partial charge in [0.1, 0.15) is 5.69 Å². The number of hydrogen-bond donors (Lipinski definition) is 3. The quantitative estimate of drug-likeness (QED) is 0.337. The summed E-state index contributed by atoms with van der Waals surface area (Å²) in [6, 6.07) is 0.202. The molecule has 1 saturated carbocycles. The van der Waals surface area contributed by atoms with Crippen molar-refractivity contribution in [3.8, 4) is 0 Å². The van der Waals surface area contributed by atoms with Crippen molar-refractivity contribution in [3.63, 3.8) is 0 Å². The number of nitrogens with two attached hydrogens (primary N) is 1. The highest BCUT2D eigenvalue weighted by Gasteiger charge is 2.25. The minimum absolute atomic E-state index is 0.0775. The van der Waals surface area contributed by atoms with Gasteiger partial charge in [-0.2, -0.15) is 4.98 Å². The molecule has 2 unspecified atom stereocenters. The summed E-state index contributed by atoms with van der Waals surface area (Å²) in [5.41, 5.74) is 2.57. The molecule has 116 valence electrons. The Balaban J connectivity index is 2.25. The van der Waals surface area contributed by atoms with Crippen LogP contribution in [0.1, 0.15) is 44.7 Å². The number of hydrogen-bond acceptors (Lipinski definition) is 7. The number of nitrogens with one attached hydrogen (secondary N) is 2. The van der Waals surface area contributed by atoms with Crippen molar-refractivity contribution in [3.05, 3.63) is 15.8 Å². The van der Waals surface area contributed by atoms with E-state index in [1.807, 2.05) is 0 Å². The highest BCUT2D eigenvalue weighted by atomic mass is 16.6. The average molecular weight is 294 g/mol. The summed E-state index contributed by atoms with van der Waals surface area (Å²) in [7, 11) is 0. The smallest absolute Gasteiger partial charge is 0.332 e. The third kappa shape index (κ3) is 3.78. The highest BCUT2D eigenvalue weighted by Crippen LogP contribution is 2.30. The van der Waals surface area contributed by atoms with E-state index in [1.165, 1.54) is 6.42 Å². The van der Waals surface area contributed by atoms with Gasteiger partial charge in [0.15, 0.2) is 0 Å². The zero-order chi connectivity index (χ0) is 15.4. The maximum absolute atomic E-state index is 11.2. The molecule has 0 aromatic carbocycles. The lowest BCUT2D eigenvalue weighted by atomic mass is 10.0. The van der Waals surface area contributed by atoms with Gasteiger partial charge < -0.3 is 5.32 Å². The van der Waals surface area contributed by atoms with Crippen LogP contribution in [0.25, 0.3) is 0 Å². The first-order valence-electron chi connectivity index (χ1n) is 7.27. The van der Waals surface area contributed by atoms with E-state index in [4.69, 9.17) is 5.84 Å². The van der Waals surface area contributed by atoms with Crippen molar-refractivity contribution in [2.75, 3.05) is 10.7 Å². The van der Waals surface area contributed by atoms with E-state index in [-0.39, 0.29) is 23.5 Å². The molecule has 1 fully saturated rings. The molecule has 8 nitrogen and oxygen atoms in total. The molecular formula is C13H22N6O2. The Hall–Kier alpha value is -1.96. The molecule has 0 bridgehead atoms. The molecule has 1 aromatic heterocycles. The van der Waals surface area contributed by atoms with E-state index in [1.54, 1.807) is 6.92 Å². The topological polar surface area (TPSA) is 119 Å². The predicted molar refractivity (Wildman–Crippen MR) is 80.9 cm³/mol. The first-order valence-corrected chi connectivity index (χ1v) is 7.27. The number of aromatic nitrogens is 2. The zero-order valence-electron chi connectivity index (χ0n) is 12.4. The van der Waals surface area contributed by atoms with Crippen LogP contribution in [0.3, 0.4) is 0 Å². The summed E-state index contributed by atoms with van der Waals surface area (Å²) < 4.78 is 0. The average Bonchev–Trinajstić information content (AvgIpc) is 2.62. The summed E-state index contributed by atoms with van der Waals surface area (Å²) in [4.78, 5) is 18.9. The highest BCUT2D eigenvalue weighted by molar-refractivity contribution is 5.61. The zero-order valence-corrected chi connectivity index (χ0v) is 12.4. The third-order valence-electron chi connectivity index (χ3n) is 3.97. The van der Waals surface area contributed by atoms with Crippen molar-refractivity contribution in [2.24, 2.45) is 11.8 Å². The summed E-state index contributed by atoms with van der Waals surface area (Å²) in [6.45, 7) is 3.83. The Morgan fingerprint density at radius 2 is 2.05 bits per heavy atom. The van der Waals surface area contributed by atoms with Crippen molar-refractivity contribution >= 4 is 17.5 Å². The lowest BCUT2D eigenvalue weighted by Crippen LogP contribution is -2.22. The Kier molecular flexibility index (Phi) is 4.89. The maximum Gasteiger partial charge on any atom is 0.332 e. The lowest BCUT2D eigenvalue weighted by Gasteiger charge is -2.17. The summed E-state index contributed by atoms with van der Waals surface area (Å²) in [5.74, 6) is 6.46. The van der Waals surface area contributed by atoms with E-state index in [0.29, 0.717) is 11.6 Å². The fourth-order valence-corrected chi connectivity index (χ4v) is 2.78. The number of nitrogens with zero attached hydrogens (tertiary/aromatic N) is 3. The number of nitro groups is 1. The molecule has 4 N–H and O–H groups in total. The normalized spacial score (nSPS) is 22.4. The van der Waals surface area contributed by atoms with E-state index in [0.717, 1.165) is 25.7 Å². The van der Waals surface area contributed by atoms with Crippen LogP contribution in [-0.2, 0) is 0 Å². The number of aryl methyl sites for hydroxylation is 1.